The summed E-state index contributed by atoms with van der Waals surface area (Å²) < 4.78 is 5.39. The summed E-state index contributed by atoms with van der Waals surface area (Å²) in [7, 11) is 0. The Labute approximate surface area is 156 Å². The zero-order valence-corrected chi connectivity index (χ0v) is 14.7. The first-order valence-corrected chi connectivity index (χ1v) is 7.80. The van der Waals surface area contributed by atoms with Gasteiger partial charge in [-0.1, -0.05) is 23.2 Å². The number of hydrogen-bond donors (Lipinski definition) is 1. The molecule has 1 N–H and O–H groups in total. The minimum absolute atomic E-state index is 0.0350. The molecule has 0 aliphatic carbocycles. The molecule has 136 valence electrons. The van der Waals surface area contributed by atoms with Gasteiger partial charge in [-0.2, -0.15) is 0 Å². The van der Waals surface area contributed by atoms with Gasteiger partial charge in [0.1, 0.15) is 5.75 Å². The van der Waals surface area contributed by atoms with Gasteiger partial charge in [0.05, 0.1) is 25.6 Å². The van der Waals surface area contributed by atoms with Crippen LogP contribution in [0.1, 0.15) is 6.92 Å². The molecule has 2 rings (SSSR count). The number of ether oxygens (including phenoxy) is 1. The molecule has 2 aromatic carbocycles. The van der Waals surface area contributed by atoms with Crippen molar-refractivity contribution in [3.05, 3.63) is 66.7 Å². The van der Waals surface area contributed by atoms with Crippen LogP contribution < -0.4 is 10.1 Å². The highest BCUT2D eigenvalue weighted by Crippen LogP contribution is 2.30. The molecule has 0 aliphatic heterocycles. The summed E-state index contributed by atoms with van der Waals surface area (Å²) >= 11 is 11.8. The van der Waals surface area contributed by atoms with E-state index >= 15 is 0 Å². The number of non-ortho nitro benzene ring substituents is 2. The van der Waals surface area contributed by atoms with Crippen LogP contribution in [0.5, 0.6) is 5.75 Å². The van der Waals surface area contributed by atoms with E-state index in [0.29, 0.717) is 0 Å². The smallest absolute Gasteiger partial charge is 0.271 e. The fraction of sp³-hybridized carbons (Fsp3) is 0.133. The Balaban J connectivity index is 2.12. The monoisotopic (exact) mass is 399 g/mol. The third-order valence-electron chi connectivity index (χ3n) is 3.22. The molecule has 1 amide bonds. The van der Waals surface area contributed by atoms with Crippen LogP contribution in [0.15, 0.2) is 36.4 Å². The lowest BCUT2D eigenvalue weighted by Gasteiger charge is -2.16. The Kier molecular flexibility index (Phi) is 5.96. The van der Waals surface area contributed by atoms with E-state index < -0.39 is 21.9 Å². The normalized spacial score (nSPS) is 11.5. The van der Waals surface area contributed by atoms with Crippen molar-refractivity contribution in [2.45, 2.75) is 13.0 Å². The molecule has 1 atom stereocenters. The predicted octanol–water partition coefficient (Wildman–Crippen LogP) is 4.22. The van der Waals surface area contributed by atoms with Crippen molar-refractivity contribution < 1.29 is 19.4 Å². The second kappa shape index (κ2) is 7.98. The lowest BCUT2D eigenvalue weighted by Crippen LogP contribution is -2.30. The maximum absolute atomic E-state index is 12.2. The number of nitrogens with zero attached hydrogens (tertiary/aromatic N) is 2. The molecule has 0 heterocycles. The second-order valence-electron chi connectivity index (χ2n) is 5.04. The quantitative estimate of drug-likeness (QED) is 0.572. The van der Waals surface area contributed by atoms with Gasteiger partial charge in [-0.05, 0) is 19.1 Å². The maximum Gasteiger partial charge on any atom is 0.271 e. The van der Waals surface area contributed by atoms with E-state index in [0.717, 1.165) is 12.1 Å². The molecule has 2 aromatic rings. The average molecular weight is 400 g/mol. The molecule has 0 aliphatic rings. The van der Waals surface area contributed by atoms with Crippen molar-refractivity contribution in [1.29, 1.82) is 0 Å². The molecule has 0 saturated carbocycles. The van der Waals surface area contributed by atoms with Crippen LogP contribution in [0.4, 0.5) is 17.1 Å². The summed E-state index contributed by atoms with van der Waals surface area (Å²) in [4.78, 5) is 32.5. The molecule has 11 heteroatoms. The third kappa shape index (κ3) is 4.58. The van der Waals surface area contributed by atoms with E-state index in [9.17, 15) is 25.0 Å². The first kappa shape index (κ1) is 19.4. The Hall–Kier alpha value is -2.91. The summed E-state index contributed by atoms with van der Waals surface area (Å²) in [5.41, 5.74) is -0.407. The summed E-state index contributed by atoms with van der Waals surface area (Å²) in [6.07, 6.45) is -1.05. The van der Waals surface area contributed by atoms with Crippen molar-refractivity contribution in [2.24, 2.45) is 0 Å². The standard InChI is InChI=1S/C15H11Cl2N3O6/c1-8(26-14-5-3-9(19(22)23)6-12(14)17)15(21)18-13-7-10(20(24)25)2-4-11(13)16/h2-8H,1H3,(H,18,21). The van der Waals surface area contributed by atoms with Crippen molar-refractivity contribution in [1.82, 2.24) is 0 Å². The van der Waals surface area contributed by atoms with Crippen molar-refractivity contribution >= 4 is 46.2 Å². The van der Waals surface area contributed by atoms with E-state index in [-0.39, 0.29) is 32.9 Å². The molecule has 0 saturated heterocycles. The summed E-state index contributed by atoms with van der Waals surface area (Å²) in [5, 5.41) is 24.0. The summed E-state index contributed by atoms with van der Waals surface area (Å²) in [5.74, 6) is -0.563. The van der Waals surface area contributed by atoms with Crippen LogP contribution in [-0.4, -0.2) is 21.9 Å². The zero-order valence-electron chi connectivity index (χ0n) is 13.1. The number of amides is 1. The van der Waals surface area contributed by atoms with Crippen LogP contribution >= 0.6 is 23.2 Å². The van der Waals surface area contributed by atoms with Crippen LogP contribution in [0.2, 0.25) is 10.0 Å². The highest BCUT2D eigenvalue weighted by atomic mass is 35.5. The van der Waals surface area contributed by atoms with Gasteiger partial charge in [-0.15, -0.1) is 0 Å². The number of hydrogen-bond acceptors (Lipinski definition) is 6. The predicted molar refractivity (Wildman–Crippen MR) is 94.9 cm³/mol. The Morgan fingerprint density at radius 3 is 2.19 bits per heavy atom. The van der Waals surface area contributed by atoms with E-state index in [1.54, 1.807) is 0 Å². The van der Waals surface area contributed by atoms with Gasteiger partial charge in [-0.25, -0.2) is 0 Å². The van der Waals surface area contributed by atoms with Gasteiger partial charge in [-0.3, -0.25) is 25.0 Å². The SMILES string of the molecule is CC(Oc1ccc([N+](=O)[O-])cc1Cl)C(=O)Nc1cc([N+](=O)[O-])ccc1Cl. The molecule has 0 aromatic heterocycles. The maximum atomic E-state index is 12.2. The van der Waals surface area contributed by atoms with Crippen LogP contribution in [0.3, 0.4) is 0 Å². The fourth-order valence-electron chi connectivity index (χ4n) is 1.90. The molecule has 26 heavy (non-hydrogen) atoms. The lowest BCUT2D eigenvalue weighted by molar-refractivity contribution is -0.385. The second-order valence-corrected chi connectivity index (χ2v) is 5.86. The minimum atomic E-state index is -1.05. The highest BCUT2D eigenvalue weighted by molar-refractivity contribution is 6.34. The molecular formula is C15H11Cl2N3O6. The fourth-order valence-corrected chi connectivity index (χ4v) is 2.28. The van der Waals surface area contributed by atoms with Crippen molar-refractivity contribution in [3.63, 3.8) is 0 Å². The van der Waals surface area contributed by atoms with Gasteiger partial charge in [0.2, 0.25) is 0 Å². The zero-order chi connectivity index (χ0) is 19.4. The third-order valence-corrected chi connectivity index (χ3v) is 3.84. The molecule has 0 bridgehead atoms. The van der Waals surface area contributed by atoms with E-state index in [4.69, 9.17) is 27.9 Å². The molecule has 9 nitrogen and oxygen atoms in total. The Morgan fingerprint density at radius 2 is 1.62 bits per heavy atom. The summed E-state index contributed by atoms with van der Waals surface area (Å²) in [6, 6.07) is 7.15. The minimum Gasteiger partial charge on any atom is -0.479 e. The highest BCUT2D eigenvalue weighted by Gasteiger charge is 2.20. The largest absolute Gasteiger partial charge is 0.479 e. The van der Waals surface area contributed by atoms with Gasteiger partial charge in [0.15, 0.2) is 6.10 Å². The van der Waals surface area contributed by atoms with E-state index in [1.807, 2.05) is 0 Å². The molecule has 1 unspecified atom stereocenters. The number of nitro benzene ring substituents is 2. The number of benzene rings is 2. The van der Waals surface area contributed by atoms with Gasteiger partial charge in [0.25, 0.3) is 17.3 Å². The topological polar surface area (TPSA) is 125 Å². The lowest BCUT2D eigenvalue weighted by atomic mass is 10.2. The number of halogens is 2. The number of rotatable bonds is 6. The summed E-state index contributed by atoms with van der Waals surface area (Å²) in [6.45, 7) is 1.42. The first-order chi connectivity index (χ1) is 12.2. The van der Waals surface area contributed by atoms with E-state index in [1.165, 1.54) is 31.2 Å². The average Bonchev–Trinajstić information content (AvgIpc) is 2.58. The Morgan fingerprint density at radius 1 is 1.04 bits per heavy atom. The molecular weight excluding hydrogens is 389 g/mol. The first-order valence-electron chi connectivity index (χ1n) is 7.04. The van der Waals surface area contributed by atoms with Crippen LogP contribution in [-0.2, 0) is 4.79 Å². The molecule has 0 radical (unpaired) electrons. The number of nitro groups is 2. The number of carbonyl (C=O) groups excluding carboxylic acids is 1. The number of carbonyl (C=O) groups is 1. The van der Waals surface area contributed by atoms with Gasteiger partial charge < -0.3 is 10.1 Å². The van der Waals surface area contributed by atoms with Gasteiger partial charge >= 0.3 is 0 Å². The van der Waals surface area contributed by atoms with Crippen LogP contribution in [0.25, 0.3) is 0 Å². The number of nitrogens with one attached hydrogen (secondary N) is 1. The molecule has 0 fully saturated rings. The van der Waals surface area contributed by atoms with E-state index in [2.05, 4.69) is 5.32 Å². The van der Waals surface area contributed by atoms with Crippen LogP contribution in [0, 0.1) is 20.2 Å². The van der Waals surface area contributed by atoms with Crippen molar-refractivity contribution in [2.75, 3.05) is 5.32 Å². The van der Waals surface area contributed by atoms with Gasteiger partial charge in [0, 0.05) is 24.3 Å². The number of anilines is 1. The Bertz CT molecular complexity index is 890. The molecule has 0 spiro atoms. The van der Waals surface area contributed by atoms with Crippen molar-refractivity contribution in [3.8, 4) is 5.75 Å².